The zero-order valence-electron chi connectivity index (χ0n) is 13.8. The van der Waals surface area contributed by atoms with Gasteiger partial charge in [0.25, 0.3) is 0 Å². The summed E-state index contributed by atoms with van der Waals surface area (Å²) in [4.78, 5) is 4.74. The molecule has 1 aromatic carbocycles. The van der Waals surface area contributed by atoms with Crippen molar-refractivity contribution in [2.45, 2.75) is 39.7 Å². The highest BCUT2D eigenvalue weighted by atomic mass is 16.5. The van der Waals surface area contributed by atoms with Gasteiger partial charge in [0.2, 0.25) is 0 Å². The maximum absolute atomic E-state index is 6.19. The highest BCUT2D eigenvalue weighted by molar-refractivity contribution is 6.07. The van der Waals surface area contributed by atoms with E-state index in [0.717, 1.165) is 30.3 Å². The molecule has 0 amide bonds. The molecule has 0 spiro atoms. The molecule has 0 saturated heterocycles. The Morgan fingerprint density at radius 3 is 2.73 bits per heavy atom. The number of nitrogens with zero attached hydrogens (tertiary/aromatic N) is 1. The second-order valence-corrected chi connectivity index (χ2v) is 5.83. The van der Waals surface area contributed by atoms with E-state index >= 15 is 0 Å². The third kappa shape index (κ3) is 2.40. The SMILES string of the molecule is CCN=C1C(C)=C2C(=CC1NCC)Oc1ccccc1C2C. The highest BCUT2D eigenvalue weighted by Crippen LogP contribution is 2.44. The van der Waals surface area contributed by atoms with Crippen LogP contribution in [-0.4, -0.2) is 24.8 Å². The van der Waals surface area contributed by atoms with Crippen LogP contribution in [0.25, 0.3) is 0 Å². The molecule has 1 heterocycles. The minimum absolute atomic E-state index is 0.140. The Morgan fingerprint density at radius 1 is 1.23 bits per heavy atom. The van der Waals surface area contributed by atoms with Gasteiger partial charge in [0.05, 0.1) is 11.8 Å². The molecule has 1 aliphatic carbocycles. The Hall–Kier alpha value is -1.87. The van der Waals surface area contributed by atoms with Gasteiger partial charge in [-0.25, -0.2) is 0 Å². The molecule has 1 aliphatic heterocycles. The Kier molecular flexibility index (Phi) is 4.16. The van der Waals surface area contributed by atoms with E-state index in [1.54, 1.807) is 0 Å². The molecular formula is C19H24N2O. The summed E-state index contributed by atoms with van der Waals surface area (Å²) in [5.74, 6) is 2.30. The van der Waals surface area contributed by atoms with Crippen molar-refractivity contribution >= 4 is 5.71 Å². The molecule has 22 heavy (non-hydrogen) atoms. The first-order chi connectivity index (χ1) is 10.7. The van der Waals surface area contributed by atoms with E-state index in [-0.39, 0.29) is 6.04 Å². The smallest absolute Gasteiger partial charge is 0.131 e. The van der Waals surface area contributed by atoms with E-state index in [1.807, 2.05) is 6.07 Å². The molecule has 0 aromatic heterocycles. The third-order valence-electron chi connectivity index (χ3n) is 4.46. The molecule has 3 nitrogen and oxygen atoms in total. The summed E-state index contributed by atoms with van der Waals surface area (Å²) < 4.78 is 6.19. The minimum Gasteiger partial charge on any atom is -0.457 e. The number of nitrogens with one attached hydrogen (secondary N) is 1. The van der Waals surface area contributed by atoms with Crippen LogP contribution in [0.4, 0.5) is 0 Å². The minimum atomic E-state index is 0.140. The molecule has 116 valence electrons. The molecule has 2 atom stereocenters. The van der Waals surface area contributed by atoms with Crippen molar-refractivity contribution in [3.8, 4) is 5.75 Å². The number of aliphatic imine (C=N–C) groups is 1. The number of ether oxygens (including phenoxy) is 1. The summed E-state index contributed by atoms with van der Waals surface area (Å²) in [6, 6.07) is 8.46. The van der Waals surface area contributed by atoms with Crippen LogP contribution >= 0.6 is 0 Å². The van der Waals surface area contributed by atoms with Crippen LogP contribution in [0.15, 0.2) is 52.2 Å². The largest absolute Gasteiger partial charge is 0.457 e. The molecule has 0 radical (unpaired) electrons. The molecule has 3 heteroatoms. The van der Waals surface area contributed by atoms with Gasteiger partial charge in [-0.3, -0.25) is 4.99 Å². The quantitative estimate of drug-likeness (QED) is 0.919. The van der Waals surface area contributed by atoms with E-state index < -0.39 is 0 Å². The van der Waals surface area contributed by atoms with Crippen molar-refractivity contribution in [2.24, 2.45) is 4.99 Å². The summed E-state index contributed by atoms with van der Waals surface area (Å²) in [6.07, 6.45) is 2.19. The van der Waals surface area contributed by atoms with Crippen molar-refractivity contribution in [1.82, 2.24) is 5.32 Å². The van der Waals surface area contributed by atoms with Gasteiger partial charge in [-0.15, -0.1) is 0 Å². The summed E-state index contributed by atoms with van der Waals surface area (Å²) >= 11 is 0. The molecule has 2 unspecified atom stereocenters. The van der Waals surface area contributed by atoms with Gasteiger partial charge in [-0.05, 0) is 38.1 Å². The summed E-state index contributed by atoms with van der Waals surface area (Å²) in [7, 11) is 0. The molecule has 1 N–H and O–H groups in total. The number of fused-ring (bicyclic) bond motifs is 2. The summed E-state index contributed by atoms with van der Waals surface area (Å²) in [5.41, 5.74) is 4.94. The van der Waals surface area contributed by atoms with Crippen molar-refractivity contribution in [3.63, 3.8) is 0 Å². The fourth-order valence-corrected chi connectivity index (χ4v) is 3.47. The van der Waals surface area contributed by atoms with Crippen LogP contribution in [0, 0.1) is 0 Å². The first kappa shape index (κ1) is 15.0. The van der Waals surface area contributed by atoms with Gasteiger partial charge in [0.15, 0.2) is 0 Å². The number of para-hydroxylation sites is 1. The lowest BCUT2D eigenvalue weighted by Gasteiger charge is -2.35. The number of rotatable bonds is 3. The second-order valence-electron chi connectivity index (χ2n) is 5.83. The van der Waals surface area contributed by atoms with Gasteiger partial charge < -0.3 is 10.1 Å². The number of likely N-dealkylation sites (N-methyl/N-ethyl adjacent to an activating group) is 1. The molecule has 3 rings (SSSR count). The van der Waals surface area contributed by atoms with Gasteiger partial charge in [0.1, 0.15) is 11.5 Å². The van der Waals surface area contributed by atoms with Crippen molar-refractivity contribution in [2.75, 3.05) is 13.1 Å². The standard InChI is InChI=1S/C19H24N2O/c1-5-20-15-11-17-18(13(4)19(15)21-6-2)12(3)14-9-7-8-10-16(14)22-17/h7-12,15,20H,5-6H2,1-4H3. The lowest BCUT2D eigenvalue weighted by Crippen LogP contribution is -2.40. The predicted octanol–water partition coefficient (Wildman–Crippen LogP) is 3.84. The number of benzene rings is 1. The summed E-state index contributed by atoms with van der Waals surface area (Å²) in [5, 5.41) is 3.50. The topological polar surface area (TPSA) is 33.6 Å². The average Bonchev–Trinajstić information content (AvgIpc) is 2.51. The average molecular weight is 296 g/mol. The van der Waals surface area contributed by atoms with Crippen LogP contribution in [-0.2, 0) is 0 Å². The molecule has 0 fully saturated rings. The van der Waals surface area contributed by atoms with Crippen LogP contribution in [0.5, 0.6) is 5.75 Å². The first-order valence-corrected chi connectivity index (χ1v) is 8.15. The van der Waals surface area contributed by atoms with E-state index in [4.69, 9.17) is 9.73 Å². The molecule has 2 aliphatic rings. The van der Waals surface area contributed by atoms with E-state index in [9.17, 15) is 0 Å². The first-order valence-electron chi connectivity index (χ1n) is 8.15. The normalized spacial score (nSPS) is 25.5. The molecule has 0 saturated carbocycles. The second kappa shape index (κ2) is 6.09. The number of allylic oxidation sites excluding steroid dienone is 1. The predicted molar refractivity (Wildman–Crippen MR) is 91.7 cm³/mol. The lowest BCUT2D eigenvalue weighted by molar-refractivity contribution is 0.396. The number of hydrogen-bond acceptors (Lipinski definition) is 3. The Labute approximate surface area is 132 Å². The van der Waals surface area contributed by atoms with Crippen molar-refractivity contribution in [1.29, 1.82) is 0 Å². The lowest BCUT2D eigenvalue weighted by atomic mass is 9.80. The van der Waals surface area contributed by atoms with Crippen LogP contribution in [0.3, 0.4) is 0 Å². The number of hydrogen-bond donors (Lipinski definition) is 1. The van der Waals surface area contributed by atoms with Crippen LogP contribution in [0.1, 0.15) is 39.2 Å². The van der Waals surface area contributed by atoms with Gasteiger partial charge >= 0.3 is 0 Å². The fourth-order valence-electron chi connectivity index (χ4n) is 3.47. The Morgan fingerprint density at radius 2 is 2.00 bits per heavy atom. The monoisotopic (exact) mass is 296 g/mol. The fraction of sp³-hybridized carbons (Fsp3) is 0.421. The van der Waals surface area contributed by atoms with Gasteiger partial charge in [-0.2, -0.15) is 0 Å². The third-order valence-corrected chi connectivity index (χ3v) is 4.46. The Balaban J connectivity index is 2.12. The zero-order chi connectivity index (χ0) is 15.7. The van der Waals surface area contributed by atoms with Crippen molar-refractivity contribution < 1.29 is 4.74 Å². The molecular weight excluding hydrogens is 272 g/mol. The van der Waals surface area contributed by atoms with E-state index in [1.165, 1.54) is 16.7 Å². The van der Waals surface area contributed by atoms with Crippen LogP contribution < -0.4 is 10.1 Å². The maximum atomic E-state index is 6.19. The molecule has 1 aromatic rings. The maximum Gasteiger partial charge on any atom is 0.131 e. The summed E-state index contributed by atoms with van der Waals surface area (Å²) in [6.45, 7) is 10.3. The van der Waals surface area contributed by atoms with E-state index in [0.29, 0.717) is 5.92 Å². The Bertz CT molecular complexity index is 670. The van der Waals surface area contributed by atoms with Crippen molar-refractivity contribution in [3.05, 3.63) is 52.8 Å². The highest BCUT2D eigenvalue weighted by Gasteiger charge is 2.34. The zero-order valence-corrected chi connectivity index (χ0v) is 13.8. The van der Waals surface area contributed by atoms with E-state index in [2.05, 4.69) is 57.3 Å². The van der Waals surface area contributed by atoms with Gasteiger partial charge in [-0.1, -0.05) is 32.0 Å². The van der Waals surface area contributed by atoms with Crippen LogP contribution in [0.2, 0.25) is 0 Å². The van der Waals surface area contributed by atoms with Gasteiger partial charge in [0, 0.05) is 23.6 Å². The molecule has 0 bridgehead atoms.